The maximum absolute atomic E-state index is 12.4. The Hall–Kier alpha value is -2.24. The molecule has 2 fully saturated rings. The number of fused-ring (bicyclic) bond motifs is 1. The van der Waals surface area contributed by atoms with E-state index in [1.807, 2.05) is 47.4 Å². The lowest BCUT2D eigenvalue weighted by Gasteiger charge is -2.25. The molecule has 3 heterocycles. The first kappa shape index (κ1) is 15.3. The molecule has 4 rings (SSSR count). The lowest BCUT2D eigenvalue weighted by Crippen LogP contribution is -2.38. The number of likely N-dealkylation sites (tertiary alicyclic amines) is 2. The average Bonchev–Trinajstić information content (AvgIpc) is 3.11. The van der Waals surface area contributed by atoms with Crippen LogP contribution >= 0.6 is 0 Å². The Labute approximate surface area is 141 Å². The highest BCUT2D eigenvalue weighted by Gasteiger charge is 2.51. The van der Waals surface area contributed by atoms with Crippen molar-refractivity contribution in [1.29, 1.82) is 0 Å². The summed E-state index contributed by atoms with van der Waals surface area (Å²) in [4.78, 5) is 20.7. The average molecular weight is 323 g/mol. The number of nitrogens with zero attached hydrogens (tertiary/aromatic N) is 3. The van der Waals surface area contributed by atoms with Crippen LogP contribution in [0.5, 0.6) is 0 Å². The van der Waals surface area contributed by atoms with Crippen LogP contribution in [0.1, 0.15) is 11.1 Å². The molecular weight excluding hydrogens is 302 g/mol. The van der Waals surface area contributed by atoms with Crippen LogP contribution in [-0.4, -0.2) is 51.0 Å². The van der Waals surface area contributed by atoms with Gasteiger partial charge in [0.05, 0.1) is 6.04 Å². The molecule has 0 radical (unpaired) electrons. The van der Waals surface area contributed by atoms with Gasteiger partial charge in [-0.2, -0.15) is 0 Å². The second kappa shape index (κ2) is 6.34. The minimum atomic E-state index is -0.874. The smallest absolute Gasteiger partial charge is 0.252 e. The number of hydrogen-bond donors (Lipinski definition) is 1. The summed E-state index contributed by atoms with van der Waals surface area (Å²) in [7, 11) is 0. The first-order valence-corrected chi connectivity index (χ1v) is 8.36. The molecule has 1 N–H and O–H groups in total. The molecule has 2 aliphatic heterocycles. The summed E-state index contributed by atoms with van der Waals surface area (Å²) in [5.41, 5.74) is 2.31. The summed E-state index contributed by atoms with van der Waals surface area (Å²) in [6, 6.07) is 14.1. The fraction of sp³-hybridized carbons (Fsp3) is 0.368. The molecule has 0 spiro atoms. The largest absolute Gasteiger partial charge is 0.383 e. The van der Waals surface area contributed by atoms with Gasteiger partial charge in [0.25, 0.3) is 5.91 Å². The number of pyridine rings is 1. The number of amides is 1. The zero-order chi connectivity index (χ0) is 16.5. The van der Waals surface area contributed by atoms with E-state index in [4.69, 9.17) is 0 Å². The van der Waals surface area contributed by atoms with Gasteiger partial charge in [-0.1, -0.05) is 30.3 Å². The molecule has 0 saturated carbocycles. The van der Waals surface area contributed by atoms with Crippen LogP contribution in [0.2, 0.25) is 0 Å². The van der Waals surface area contributed by atoms with E-state index in [1.54, 1.807) is 12.4 Å². The zero-order valence-corrected chi connectivity index (χ0v) is 13.5. The van der Waals surface area contributed by atoms with Crippen LogP contribution in [0.3, 0.4) is 0 Å². The van der Waals surface area contributed by atoms with Gasteiger partial charge in [-0.25, -0.2) is 0 Å². The Balaban J connectivity index is 1.48. The summed E-state index contributed by atoms with van der Waals surface area (Å²) in [6.45, 7) is 2.96. The molecule has 2 aliphatic rings. The van der Waals surface area contributed by atoms with Crippen LogP contribution in [-0.2, 0) is 17.9 Å². The number of benzene rings is 1. The second-order valence-electron chi connectivity index (χ2n) is 6.68. The van der Waals surface area contributed by atoms with Crippen molar-refractivity contribution in [3.8, 4) is 0 Å². The van der Waals surface area contributed by atoms with Crippen LogP contribution in [0.4, 0.5) is 0 Å². The first-order chi connectivity index (χ1) is 11.7. The summed E-state index contributed by atoms with van der Waals surface area (Å²) >= 11 is 0. The molecule has 3 atom stereocenters. The number of rotatable bonds is 4. The summed E-state index contributed by atoms with van der Waals surface area (Å²) in [5, 5.41) is 10.4. The van der Waals surface area contributed by atoms with Gasteiger partial charge in [0.1, 0.15) is 6.10 Å². The molecule has 0 bridgehead atoms. The van der Waals surface area contributed by atoms with Gasteiger partial charge < -0.3 is 10.0 Å². The fourth-order valence-electron chi connectivity index (χ4n) is 3.90. The third-order valence-electron chi connectivity index (χ3n) is 5.10. The number of aliphatic hydroxyl groups is 1. The van der Waals surface area contributed by atoms with E-state index in [0.29, 0.717) is 6.54 Å². The lowest BCUT2D eigenvalue weighted by molar-refractivity contribution is -0.136. The Kier molecular flexibility index (Phi) is 4.04. The third kappa shape index (κ3) is 2.81. The summed E-state index contributed by atoms with van der Waals surface area (Å²) in [5.74, 6) is -0.125. The van der Waals surface area contributed by atoms with E-state index in [1.165, 1.54) is 5.56 Å². The number of hydrogen-bond acceptors (Lipinski definition) is 4. The normalized spacial score (nSPS) is 26.8. The Bertz CT molecular complexity index is 707. The molecular formula is C19H21N3O2. The molecule has 2 aromatic rings. The molecule has 5 heteroatoms. The molecule has 24 heavy (non-hydrogen) atoms. The van der Waals surface area contributed by atoms with Crippen LogP contribution in [0, 0.1) is 5.92 Å². The predicted octanol–water partition coefficient (Wildman–Crippen LogP) is 1.29. The van der Waals surface area contributed by atoms with E-state index < -0.39 is 6.10 Å². The van der Waals surface area contributed by atoms with E-state index >= 15 is 0 Å². The predicted molar refractivity (Wildman–Crippen MR) is 89.8 cm³/mol. The Morgan fingerprint density at radius 2 is 1.71 bits per heavy atom. The van der Waals surface area contributed by atoms with Crippen LogP contribution in [0.15, 0.2) is 54.9 Å². The molecule has 0 unspecified atom stereocenters. The highest BCUT2D eigenvalue weighted by atomic mass is 16.3. The van der Waals surface area contributed by atoms with Crippen molar-refractivity contribution in [2.75, 3.05) is 13.1 Å². The minimum Gasteiger partial charge on any atom is -0.383 e. The number of carbonyl (C=O) groups excluding carboxylic acids is 1. The van der Waals surface area contributed by atoms with Gasteiger partial charge in [-0.05, 0) is 23.3 Å². The van der Waals surface area contributed by atoms with Gasteiger partial charge >= 0.3 is 0 Å². The molecule has 1 aromatic carbocycles. The Morgan fingerprint density at radius 1 is 1.00 bits per heavy atom. The Morgan fingerprint density at radius 3 is 2.46 bits per heavy atom. The highest BCUT2D eigenvalue weighted by molar-refractivity contribution is 5.84. The monoisotopic (exact) mass is 323 g/mol. The van der Waals surface area contributed by atoms with Crippen LogP contribution < -0.4 is 0 Å². The van der Waals surface area contributed by atoms with Crippen LogP contribution in [0.25, 0.3) is 0 Å². The minimum absolute atomic E-state index is 0.00282. The quantitative estimate of drug-likeness (QED) is 0.921. The standard InChI is InChI=1S/C19H21N3O2/c23-18-16-12-21(10-15-6-8-20-9-7-15)13-17(16)22(19(18)24)11-14-4-2-1-3-5-14/h1-9,16-18,23H,10-13H2/t16-,17+,18-/m0/s1. The van der Waals surface area contributed by atoms with Crippen molar-refractivity contribution in [2.45, 2.75) is 25.2 Å². The molecule has 5 nitrogen and oxygen atoms in total. The van der Waals surface area contributed by atoms with Gasteiger partial charge in [-0.15, -0.1) is 0 Å². The first-order valence-electron chi connectivity index (χ1n) is 8.36. The van der Waals surface area contributed by atoms with Crippen molar-refractivity contribution in [3.05, 3.63) is 66.0 Å². The second-order valence-corrected chi connectivity index (χ2v) is 6.68. The van der Waals surface area contributed by atoms with E-state index in [-0.39, 0.29) is 17.9 Å². The number of carbonyl (C=O) groups is 1. The van der Waals surface area contributed by atoms with Crippen molar-refractivity contribution in [2.24, 2.45) is 5.92 Å². The van der Waals surface area contributed by atoms with Gasteiger partial charge in [0.2, 0.25) is 0 Å². The highest BCUT2D eigenvalue weighted by Crippen LogP contribution is 2.34. The maximum Gasteiger partial charge on any atom is 0.252 e. The fourth-order valence-corrected chi connectivity index (χ4v) is 3.90. The lowest BCUT2D eigenvalue weighted by atomic mass is 10.0. The maximum atomic E-state index is 12.4. The SMILES string of the molecule is O=C1[C@@H](O)[C@H]2CN(Cc3ccncc3)C[C@H]2N1Cc1ccccc1. The van der Waals surface area contributed by atoms with E-state index in [2.05, 4.69) is 9.88 Å². The van der Waals surface area contributed by atoms with Gasteiger partial charge in [0, 0.05) is 44.5 Å². The van der Waals surface area contributed by atoms with Gasteiger partial charge in [0.15, 0.2) is 0 Å². The van der Waals surface area contributed by atoms with Gasteiger partial charge in [-0.3, -0.25) is 14.7 Å². The topological polar surface area (TPSA) is 56.7 Å². The molecule has 1 amide bonds. The number of aliphatic hydroxyl groups excluding tert-OH is 1. The van der Waals surface area contributed by atoms with Crippen molar-refractivity contribution >= 4 is 5.91 Å². The van der Waals surface area contributed by atoms with Crippen molar-refractivity contribution < 1.29 is 9.90 Å². The summed E-state index contributed by atoms with van der Waals surface area (Å²) < 4.78 is 0. The van der Waals surface area contributed by atoms with E-state index in [9.17, 15) is 9.90 Å². The summed E-state index contributed by atoms with van der Waals surface area (Å²) in [6.07, 6.45) is 2.72. The van der Waals surface area contributed by atoms with E-state index in [0.717, 1.165) is 25.2 Å². The number of aromatic nitrogens is 1. The molecule has 1 aromatic heterocycles. The molecule has 124 valence electrons. The van der Waals surface area contributed by atoms with Crippen molar-refractivity contribution in [1.82, 2.24) is 14.8 Å². The zero-order valence-electron chi connectivity index (χ0n) is 13.5. The van der Waals surface area contributed by atoms with Crippen molar-refractivity contribution in [3.63, 3.8) is 0 Å². The molecule has 0 aliphatic carbocycles. The molecule has 2 saturated heterocycles. The third-order valence-corrected chi connectivity index (χ3v) is 5.10.